The quantitative estimate of drug-likeness (QED) is 0.788. The molecule has 0 bridgehead atoms. The first-order valence-corrected chi connectivity index (χ1v) is 6.69. The second-order valence-electron chi connectivity index (χ2n) is 5.07. The van der Waals surface area contributed by atoms with Gasteiger partial charge < -0.3 is 4.90 Å². The largest absolute Gasteiger partial charge is 0.302 e. The summed E-state index contributed by atoms with van der Waals surface area (Å²) in [5.74, 6) is 1.49. The average Bonchev–Trinajstić information content (AvgIpc) is 2.80. The minimum absolute atomic E-state index is 0.682. The first kappa shape index (κ1) is 10.4. The molecule has 2 atom stereocenters. The Morgan fingerprint density at radius 3 is 2.94 bits per heavy atom. The van der Waals surface area contributed by atoms with Crippen molar-refractivity contribution in [3.63, 3.8) is 0 Å². The molecule has 1 aromatic heterocycles. The van der Waals surface area contributed by atoms with E-state index in [0.717, 1.165) is 25.4 Å². The molecule has 1 aliphatic heterocycles. The number of rotatable bonds is 2. The lowest BCUT2D eigenvalue weighted by atomic mass is 10.0. The Balaban J connectivity index is 1.89. The summed E-state index contributed by atoms with van der Waals surface area (Å²) >= 11 is 1.37. The first-order chi connectivity index (χ1) is 7.75. The summed E-state index contributed by atoms with van der Waals surface area (Å²) in [6.45, 7) is 4.49. The highest BCUT2D eigenvalue weighted by molar-refractivity contribution is 6.99. The molecule has 1 saturated carbocycles. The van der Waals surface area contributed by atoms with E-state index in [2.05, 4.69) is 33.7 Å². The first-order valence-electron chi connectivity index (χ1n) is 5.96. The highest BCUT2D eigenvalue weighted by Gasteiger charge is 2.38. The molecule has 2 unspecified atom stereocenters. The van der Waals surface area contributed by atoms with E-state index in [1.54, 1.807) is 0 Å². The van der Waals surface area contributed by atoms with Crippen LogP contribution in [0.4, 0.5) is 0 Å². The smallest absolute Gasteiger partial charge is 0.105 e. The van der Waals surface area contributed by atoms with E-state index in [1.807, 2.05) is 0 Å². The molecule has 3 rings (SSSR count). The number of hydrogen-bond donors (Lipinski definition) is 0. The van der Waals surface area contributed by atoms with Crippen molar-refractivity contribution in [3.05, 3.63) is 17.5 Å². The molecule has 1 fully saturated rings. The molecular weight excluding hydrogens is 218 g/mol. The van der Waals surface area contributed by atoms with Gasteiger partial charge in [0.25, 0.3) is 0 Å². The van der Waals surface area contributed by atoms with Crippen molar-refractivity contribution in [2.75, 3.05) is 20.1 Å². The molecule has 3 nitrogen and oxygen atoms in total. The lowest BCUT2D eigenvalue weighted by Crippen LogP contribution is -2.25. The molecule has 0 radical (unpaired) electrons. The van der Waals surface area contributed by atoms with Crippen LogP contribution >= 0.6 is 11.7 Å². The highest BCUT2D eigenvalue weighted by Crippen LogP contribution is 2.48. The number of aromatic nitrogens is 2. The maximum absolute atomic E-state index is 4.51. The van der Waals surface area contributed by atoms with E-state index in [-0.39, 0.29) is 0 Å². The second kappa shape index (κ2) is 3.93. The third-order valence-electron chi connectivity index (χ3n) is 3.62. The van der Waals surface area contributed by atoms with E-state index < -0.39 is 0 Å². The molecule has 2 heterocycles. The molecule has 1 aromatic rings. The van der Waals surface area contributed by atoms with Crippen molar-refractivity contribution in [3.8, 4) is 0 Å². The summed E-state index contributed by atoms with van der Waals surface area (Å²) in [5, 5.41) is 0. The molecule has 86 valence electrons. The molecule has 0 aromatic carbocycles. The van der Waals surface area contributed by atoms with Crippen molar-refractivity contribution in [2.45, 2.75) is 25.7 Å². The summed E-state index contributed by atoms with van der Waals surface area (Å²) < 4.78 is 9.01. The molecular formula is C12H17N3S. The summed E-state index contributed by atoms with van der Waals surface area (Å²) in [4.78, 5) is 2.36. The Bertz CT molecular complexity index is 424. The van der Waals surface area contributed by atoms with Crippen molar-refractivity contribution in [1.29, 1.82) is 0 Å². The zero-order chi connectivity index (χ0) is 11.1. The Labute approximate surface area is 101 Å². The zero-order valence-electron chi connectivity index (χ0n) is 9.81. The van der Waals surface area contributed by atoms with Gasteiger partial charge in [-0.15, -0.1) is 0 Å². The predicted octanol–water partition coefficient (Wildman–Crippen LogP) is 2.38. The minimum Gasteiger partial charge on any atom is -0.302 e. The van der Waals surface area contributed by atoms with E-state index in [1.165, 1.54) is 35.1 Å². The van der Waals surface area contributed by atoms with Gasteiger partial charge in [-0.2, -0.15) is 8.75 Å². The van der Waals surface area contributed by atoms with Gasteiger partial charge in [-0.05, 0) is 31.4 Å². The third kappa shape index (κ3) is 1.80. The van der Waals surface area contributed by atoms with Gasteiger partial charge in [-0.1, -0.05) is 13.0 Å². The van der Waals surface area contributed by atoms with Crippen LogP contribution < -0.4 is 0 Å². The summed E-state index contributed by atoms with van der Waals surface area (Å²) in [5.41, 5.74) is 3.83. The van der Waals surface area contributed by atoms with Crippen LogP contribution in [0.2, 0.25) is 0 Å². The Morgan fingerprint density at radius 1 is 1.44 bits per heavy atom. The monoisotopic (exact) mass is 235 g/mol. The van der Waals surface area contributed by atoms with Gasteiger partial charge in [-0.3, -0.25) is 0 Å². The average molecular weight is 235 g/mol. The number of likely N-dealkylation sites (N-methyl/N-ethyl adjacent to an activating group) is 1. The molecule has 4 heteroatoms. The SMILES string of the molecule is CC1CC1c1nsnc1C1=CCCN(C)C1. The maximum atomic E-state index is 4.51. The predicted molar refractivity (Wildman–Crippen MR) is 66.5 cm³/mol. The van der Waals surface area contributed by atoms with Gasteiger partial charge in [0.05, 0.1) is 17.4 Å². The van der Waals surface area contributed by atoms with Gasteiger partial charge in [0.2, 0.25) is 0 Å². The van der Waals surface area contributed by atoms with E-state index in [0.29, 0.717) is 5.92 Å². The van der Waals surface area contributed by atoms with E-state index in [9.17, 15) is 0 Å². The maximum Gasteiger partial charge on any atom is 0.105 e. The fraction of sp³-hybridized carbons (Fsp3) is 0.667. The van der Waals surface area contributed by atoms with Crippen molar-refractivity contribution in [2.24, 2.45) is 5.92 Å². The van der Waals surface area contributed by atoms with Crippen LogP contribution in [0.1, 0.15) is 37.1 Å². The number of hydrogen-bond acceptors (Lipinski definition) is 4. The number of nitrogens with zero attached hydrogens (tertiary/aromatic N) is 3. The molecule has 0 saturated heterocycles. The van der Waals surface area contributed by atoms with Crippen molar-refractivity contribution < 1.29 is 0 Å². The van der Waals surface area contributed by atoms with Crippen LogP contribution in [0.3, 0.4) is 0 Å². The zero-order valence-corrected chi connectivity index (χ0v) is 10.6. The third-order valence-corrected chi connectivity index (χ3v) is 4.16. The molecule has 16 heavy (non-hydrogen) atoms. The van der Waals surface area contributed by atoms with Gasteiger partial charge >= 0.3 is 0 Å². The van der Waals surface area contributed by atoms with Gasteiger partial charge in [0, 0.05) is 19.0 Å². The van der Waals surface area contributed by atoms with Crippen molar-refractivity contribution >= 4 is 17.3 Å². The summed E-state index contributed by atoms with van der Waals surface area (Å²) in [7, 11) is 2.17. The minimum atomic E-state index is 0.682. The van der Waals surface area contributed by atoms with Crippen LogP contribution in [0.15, 0.2) is 6.08 Å². The molecule has 0 amide bonds. The lowest BCUT2D eigenvalue weighted by Gasteiger charge is -2.22. The van der Waals surface area contributed by atoms with Crippen LogP contribution in [0, 0.1) is 5.92 Å². The fourth-order valence-electron chi connectivity index (χ4n) is 2.43. The Kier molecular flexibility index (Phi) is 2.56. The summed E-state index contributed by atoms with van der Waals surface area (Å²) in [6, 6.07) is 0. The Morgan fingerprint density at radius 2 is 2.25 bits per heavy atom. The van der Waals surface area contributed by atoms with Gasteiger partial charge in [0.15, 0.2) is 0 Å². The van der Waals surface area contributed by atoms with Gasteiger partial charge in [-0.25, -0.2) is 0 Å². The molecule has 1 aliphatic carbocycles. The lowest BCUT2D eigenvalue weighted by molar-refractivity contribution is 0.372. The normalized spacial score (nSPS) is 30.2. The van der Waals surface area contributed by atoms with E-state index >= 15 is 0 Å². The van der Waals surface area contributed by atoms with Crippen LogP contribution in [0.25, 0.3) is 5.57 Å². The molecule has 0 spiro atoms. The molecule has 2 aliphatic rings. The van der Waals surface area contributed by atoms with Crippen LogP contribution in [0.5, 0.6) is 0 Å². The summed E-state index contributed by atoms with van der Waals surface area (Å²) in [6.07, 6.45) is 4.78. The standard InChI is InChI=1S/C12H17N3S/c1-8-6-10(8)12-11(13-16-14-12)9-4-3-5-15(2)7-9/h4,8,10H,3,5-7H2,1-2H3. The van der Waals surface area contributed by atoms with Crippen molar-refractivity contribution in [1.82, 2.24) is 13.6 Å². The van der Waals surface area contributed by atoms with Crippen LogP contribution in [-0.2, 0) is 0 Å². The van der Waals surface area contributed by atoms with E-state index in [4.69, 9.17) is 0 Å². The van der Waals surface area contributed by atoms with Crippen LogP contribution in [-0.4, -0.2) is 33.8 Å². The van der Waals surface area contributed by atoms with Gasteiger partial charge in [0.1, 0.15) is 5.69 Å². The fourth-order valence-corrected chi connectivity index (χ4v) is 3.07. The Hall–Kier alpha value is -0.740. The highest BCUT2D eigenvalue weighted by atomic mass is 32.1. The molecule has 0 N–H and O–H groups in total. The second-order valence-corrected chi connectivity index (χ2v) is 5.60. The topological polar surface area (TPSA) is 29.0 Å².